The van der Waals surface area contributed by atoms with E-state index in [1.165, 1.54) is 0 Å². The van der Waals surface area contributed by atoms with E-state index in [0.717, 1.165) is 61.5 Å². The number of fused-ring (bicyclic) bond motifs is 1. The van der Waals surface area contributed by atoms with Crippen LogP contribution in [0.2, 0.25) is 0 Å². The quantitative estimate of drug-likeness (QED) is 0.681. The van der Waals surface area contributed by atoms with Gasteiger partial charge in [0.15, 0.2) is 11.5 Å². The smallest absolute Gasteiger partial charge is 0.256 e. The first-order valence-electron chi connectivity index (χ1n) is 10.4. The Hall–Kier alpha value is -2.18. The summed E-state index contributed by atoms with van der Waals surface area (Å²) in [5.41, 5.74) is 1.40. The minimum absolute atomic E-state index is 0.116. The molecule has 2 fully saturated rings. The maximum atomic E-state index is 13.0. The second-order valence-electron chi connectivity index (χ2n) is 7.88. The number of carbonyl (C=O) groups excluding carboxylic acids is 1. The van der Waals surface area contributed by atoms with E-state index in [2.05, 4.69) is 5.32 Å². The first kappa shape index (κ1) is 18.8. The third kappa shape index (κ3) is 3.96. The highest BCUT2D eigenvalue weighted by Crippen LogP contribution is 2.47. The summed E-state index contributed by atoms with van der Waals surface area (Å²) in [5.74, 6) is 1.74. The predicted molar refractivity (Wildman–Crippen MR) is 113 cm³/mol. The minimum atomic E-state index is -0.490. The molecule has 1 saturated carbocycles. The fourth-order valence-electron chi connectivity index (χ4n) is 4.23. The number of ether oxygens (including phenoxy) is 3. The van der Waals surface area contributed by atoms with Gasteiger partial charge in [0.1, 0.15) is 0 Å². The number of anilines is 1. The topological polar surface area (TPSA) is 56.8 Å². The van der Waals surface area contributed by atoms with E-state index < -0.39 is 5.79 Å². The number of carbonyl (C=O) groups is 1. The first-order valence-corrected chi connectivity index (χ1v) is 11.4. The fourth-order valence-corrected chi connectivity index (χ4v) is 5.35. The molecule has 1 spiro atoms. The van der Waals surface area contributed by atoms with Crippen LogP contribution in [0.15, 0.2) is 47.4 Å². The average molecular weight is 412 g/mol. The van der Waals surface area contributed by atoms with E-state index in [1.54, 1.807) is 11.8 Å². The van der Waals surface area contributed by atoms with Gasteiger partial charge in [0.25, 0.3) is 11.7 Å². The lowest BCUT2D eigenvalue weighted by molar-refractivity contribution is -0.0716. The standard InChI is InChI=1S/C23H25NO4S/c25-22(18-7-1-2-8-21(18)29-15-17-6-5-13-26-17)24-16-9-10-19-20(14-16)28-23(27-19)11-3-4-12-23/h1-2,7-10,14,17H,3-6,11-13,15H2,(H,24,25)/t17-/m0/s1. The van der Waals surface area contributed by atoms with Crippen LogP contribution in [-0.4, -0.2) is 30.2 Å². The molecule has 1 atom stereocenters. The summed E-state index contributed by atoms with van der Waals surface area (Å²) >= 11 is 1.69. The molecule has 1 saturated heterocycles. The Morgan fingerprint density at radius 2 is 1.90 bits per heavy atom. The molecule has 0 radical (unpaired) electrons. The van der Waals surface area contributed by atoms with E-state index in [4.69, 9.17) is 14.2 Å². The van der Waals surface area contributed by atoms with Crippen LogP contribution in [0.5, 0.6) is 11.5 Å². The summed E-state index contributed by atoms with van der Waals surface area (Å²) in [7, 11) is 0. The average Bonchev–Trinajstić information content (AvgIpc) is 3.48. The molecule has 5 rings (SSSR count). The van der Waals surface area contributed by atoms with Crippen molar-refractivity contribution < 1.29 is 19.0 Å². The number of amides is 1. The van der Waals surface area contributed by atoms with Gasteiger partial charge >= 0.3 is 0 Å². The Balaban J connectivity index is 1.28. The van der Waals surface area contributed by atoms with Crippen LogP contribution in [0.3, 0.4) is 0 Å². The van der Waals surface area contributed by atoms with Crippen molar-refractivity contribution in [1.82, 2.24) is 0 Å². The highest BCUT2D eigenvalue weighted by atomic mass is 32.2. The molecule has 3 aliphatic rings. The van der Waals surface area contributed by atoms with Crippen LogP contribution in [0.1, 0.15) is 48.9 Å². The molecular weight excluding hydrogens is 386 g/mol. The SMILES string of the molecule is O=C(Nc1ccc2c(c1)OC1(CCCC1)O2)c1ccccc1SC[C@@H]1CCCO1. The molecule has 0 bridgehead atoms. The maximum Gasteiger partial charge on any atom is 0.256 e. The van der Waals surface area contributed by atoms with Crippen LogP contribution < -0.4 is 14.8 Å². The van der Waals surface area contributed by atoms with E-state index in [1.807, 2.05) is 42.5 Å². The zero-order valence-corrected chi connectivity index (χ0v) is 17.1. The number of hydrogen-bond donors (Lipinski definition) is 1. The second kappa shape index (κ2) is 7.92. The Labute approximate surface area is 175 Å². The molecule has 29 heavy (non-hydrogen) atoms. The fraction of sp³-hybridized carbons (Fsp3) is 0.435. The molecule has 0 unspecified atom stereocenters. The van der Waals surface area contributed by atoms with E-state index in [9.17, 15) is 4.79 Å². The summed E-state index contributed by atoms with van der Waals surface area (Å²) in [6.45, 7) is 0.846. The summed E-state index contributed by atoms with van der Waals surface area (Å²) in [6, 6.07) is 13.4. The summed E-state index contributed by atoms with van der Waals surface area (Å²) < 4.78 is 17.9. The zero-order chi connectivity index (χ0) is 19.7. The van der Waals surface area contributed by atoms with Crippen molar-refractivity contribution in [3.05, 3.63) is 48.0 Å². The number of nitrogens with one attached hydrogen (secondary N) is 1. The maximum absolute atomic E-state index is 13.0. The van der Waals surface area contributed by atoms with E-state index in [0.29, 0.717) is 17.0 Å². The van der Waals surface area contributed by atoms with Gasteiger partial charge in [-0.15, -0.1) is 11.8 Å². The van der Waals surface area contributed by atoms with Crippen LogP contribution >= 0.6 is 11.8 Å². The third-order valence-corrected chi connectivity index (χ3v) is 6.94. The van der Waals surface area contributed by atoms with Crippen LogP contribution in [0.4, 0.5) is 5.69 Å². The van der Waals surface area contributed by atoms with Crippen LogP contribution in [0, 0.1) is 0 Å². The number of hydrogen-bond acceptors (Lipinski definition) is 5. The molecule has 1 aliphatic carbocycles. The van der Waals surface area contributed by atoms with Gasteiger partial charge in [-0.05, 0) is 49.9 Å². The molecule has 1 amide bonds. The van der Waals surface area contributed by atoms with Crippen molar-refractivity contribution in [3.8, 4) is 11.5 Å². The van der Waals surface area contributed by atoms with Crippen molar-refractivity contribution in [3.63, 3.8) is 0 Å². The van der Waals surface area contributed by atoms with Crippen molar-refractivity contribution in [2.75, 3.05) is 17.7 Å². The van der Waals surface area contributed by atoms with Crippen molar-refractivity contribution >= 4 is 23.4 Å². The zero-order valence-electron chi connectivity index (χ0n) is 16.3. The lowest BCUT2D eigenvalue weighted by Gasteiger charge is -2.21. The minimum Gasteiger partial charge on any atom is -0.448 e. The Morgan fingerprint density at radius 3 is 2.72 bits per heavy atom. The van der Waals surface area contributed by atoms with Crippen LogP contribution in [-0.2, 0) is 4.74 Å². The highest BCUT2D eigenvalue weighted by Gasteiger charge is 2.44. The van der Waals surface area contributed by atoms with E-state index >= 15 is 0 Å². The van der Waals surface area contributed by atoms with Gasteiger partial charge in [-0.3, -0.25) is 4.79 Å². The Bertz CT molecular complexity index is 904. The number of rotatable bonds is 5. The van der Waals surface area contributed by atoms with Gasteiger partial charge in [-0.2, -0.15) is 0 Å². The van der Waals surface area contributed by atoms with Gasteiger partial charge in [0.2, 0.25) is 0 Å². The number of thioether (sulfide) groups is 1. The third-order valence-electron chi connectivity index (χ3n) is 5.74. The largest absolute Gasteiger partial charge is 0.448 e. The Morgan fingerprint density at radius 1 is 1.07 bits per heavy atom. The summed E-state index contributed by atoms with van der Waals surface area (Å²) in [5, 5.41) is 3.02. The molecule has 2 aliphatic heterocycles. The number of benzene rings is 2. The first-order chi connectivity index (χ1) is 14.2. The molecule has 0 aromatic heterocycles. The normalized spacial score (nSPS) is 21.6. The van der Waals surface area contributed by atoms with Gasteiger partial charge in [-0.1, -0.05) is 12.1 Å². The molecule has 6 heteroatoms. The van der Waals surface area contributed by atoms with Gasteiger partial charge in [0.05, 0.1) is 11.7 Å². The highest BCUT2D eigenvalue weighted by molar-refractivity contribution is 7.99. The molecule has 2 heterocycles. The molecule has 152 valence electrons. The molecule has 2 aromatic rings. The molecule has 2 aromatic carbocycles. The predicted octanol–water partition coefficient (Wildman–Crippen LogP) is 5.25. The summed E-state index contributed by atoms with van der Waals surface area (Å²) in [4.78, 5) is 13.9. The van der Waals surface area contributed by atoms with Crippen molar-refractivity contribution in [2.24, 2.45) is 0 Å². The van der Waals surface area contributed by atoms with Crippen molar-refractivity contribution in [2.45, 2.75) is 55.3 Å². The lowest BCUT2D eigenvalue weighted by atomic mass is 10.2. The summed E-state index contributed by atoms with van der Waals surface area (Å²) in [6.07, 6.45) is 6.58. The van der Waals surface area contributed by atoms with E-state index in [-0.39, 0.29) is 12.0 Å². The monoisotopic (exact) mass is 411 g/mol. The van der Waals surface area contributed by atoms with Crippen LogP contribution in [0.25, 0.3) is 0 Å². The lowest BCUT2D eigenvalue weighted by Crippen LogP contribution is -2.34. The molecule has 1 N–H and O–H groups in total. The molecule has 5 nitrogen and oxygen atoms in total. The molecular formula is C23H25NO4S. The van der Waals surface area contributed by atoms with Crippen molar-refractivity contribution in [1.29, 1.82) is 0 Å². The van der Waals surface area contributed by atoms with Gasteiger partial charge in [-0.25, -0.2) is 0 Å². The van der Waals surface area contributed by atoms with Gasteiger partial charge < -0.3 is 19.5 Å². The second-order valence-corrected chi connectivity index (χ2v) is 8.94. The van der Waals surface area contributed by atoms with Gasteiger partial charge in [0, 0.05) is 41.9 Å². The Kier molecular flexibility index (Phi) is 5.14.